The first-order valence-electron chi connectivity index (χ1n) is 8.53. The predicted octanol–water partition coefficient (Wildman–Crippen LogP) is 3.52. The quantitative estimate of drug-likeness (QED) is 0.837. The highest BCUT2D eigenvalue weighted by atomic mass is 15.1. The SMILES string of the molecule is CC(C)CN1CCC(NC2CCC(C)CC2C)CC1. The van der Waals surface area contributed by atoms with E-state index in [9.17, 15) is 0 Å². The van der Waals surface area contributed by atoms with Crippen LogP contribution in [0, 0.1) is 17.8 Å². The normalized spacial score (nSPS) is 34.9. The number of hydrogen-bond acceptors (Lipinski definition) is 2. The lowest BCUT2D eigenvalue weighted by atomic mass is 9.79. The van der Waals surface area contributed by atoms with Crippen LogP contribution >= 0.6 is 0 Å². The highest BCUT2D eigenvalue weighted by Crippen LogP contribution is 2.29. The van der Waals surface area contributed by atoms with Gasteiger partial charge in [0.1, 0.15) is 0 Å². The van der Waals surface area contributed by atoms with Crippen molar-refractivity contribution in [3.05, 3.63) is 0 Å². The summed E-state index contributed by atoms with van der Waals surface area (Å²) in [5, 5.41) is 3.98. The fraction of sp³-hybridized carbons (Fsp3) is 1.00. The number of likely N-dealkylation sites (tertiary alicyclic amines) is 1. The molecular formula is C17H34N2. The molecule has 2 rings (SSSR count). The summed E-state index contributed by atoms with van der Waals surface area (Å²) < 4.78 is 0. The van der Waals surface area contributed by atoms with Gasteiger partial charge in [0.2, 0.25) is 0 Å². The van der Waals surface area contributed by atoms with Crippen molar-refractivity contribution in [1.82, 2.24) is 10.2 Å². The number of piperidine rings is 1. The summed E-state index contributed by atoms with van der Waals surface area (Å²) in [7, 11) is 0. The van der Waals surface area contributed by atoms with Gasteiger partial charge in [-0.3, -0.25) is 0 Å². The average molecular weight is 266 g/mol. The molecule has 2 aliphatic rings. The van der Waals surface area contributed by atoms with E-state index in [1.54, 1.807) is 0 Å². The predicted molar refractivity (Wildman–Crippen MR) is 83.4 cm³/mol. The Hall–Kier alpha value is -0.0800. The largest absolute Gasteiger partial charge is 0.311 e. The minimum Gasteiger partial charge on any atom is -0.311 e. The third-order valence-corrected chi connectivity index (χ3v) is 5.09. The third-order valence-electron chi connectivity index (χ3n) is 5.09. The molecule has 1 aliphatic carbocycles. The molecule has 1 saturated carbocycles. The van der Waals surface area contributed by atoms with Crippen LogP contribution in [0.1, 0.15) is 59.8 Å². The molecule has 0 amide bonds. The maximum Gasteiger partial charge on any atom is 0.00955 e. The summed E-state index contributed by atoms with van der Waals surface area (Å²) in [6.45, 7) is 13.4. The number of nitrogens with one attached hydrogen (secondary N) is 1. The van der Waals surface area contributed by atoms with Gasteiger partial charge in [0.25, 0.3) is 0 Å². The Labute approximate surface area is 120 Å². The standard InChI is InChI=1S/C17H34N2/c1-13(2)12-19-9-7-16(8-10-19)18-17-6-5-14(3)11-15(17)4/h13-18H,5-12H2,1-4H3. The fourth-order valence-electron chi connectivity index (χ4n) is 4.01. The molecule has 2 nitrogen and oxygen atoms in total. The van der Waals surface area contributed by atoms with Crippen LogP contribution in [-0.2, 0) is 0 Å². The van der Waals surface area contributed by atoms with Crippen LogP contribution in [0.3, 0.4) is 0 Å². The van der Waals surface area contributed by atoms with Gasteiger partial charge in [0, 0.05) is 18.6 Å². The number of hydrogen-bond donors (Lipinski definition) is 1. The van der Waals surface area contributed by atoms with Gasteiger partial charge in [0.15, 0.2) is 0 Å². The van der Waals surface area contributed by atoms with E-state index in [0.29, 0.717) is 0 Å². The second kappa shape index (κ2) is 7.08. The Morgan fingerprint density at radius 2 is 1.74 bits per heavy atom. The monoisotopic (exact) mass is 266 g/mol. The summed E-state index contributed by atoms with van der Waals surface area (Å²) >= 11 is 0. The molecule has 3 atom stereocenters. The first-order valence-corrected chi connectivity index (χ1v) is 8.53. The highest BCUT2D eigenvalue weighted by Gasteiger charge is 2.28. The van der Waals surface area contributed by atoms with Crippen molar-refractivity contribution in [2.45, 2.75) is 71.9 Å². The van der Waals surface area contributed by atoms with Crippen molar-refractivity contribution in [3.8, 4) is 0 Å². The van der Waals surface area contributed by atoms with E-state index in [1.165, 1.54) is 51.7 Å². The average Bonchev–Trinajstić information content (AvgIpc) is 2.34. The molecule has 1 saturated heterocycles. The topological polar surface area (TPSA) is 15.3 Å². The number of nitrogens with zero attached hydrogens (tertiary/aromatic N) is 1. The van der Waals surface area contributed by atoms with E-state index in [0.717, 1.165) is 29.8 Å². The molecule has 2 fully saturated rings. The van der Waals surface area contributed by atoms with Crippen molar-refractivity contribution >= 4 is 0 Å². The van der Waals surface area contributed by atoms with Crippen LogP contribution in [0.4, 0.5) is 0 Å². The Morgan fingerprint density at radius 1 is 1.05 bits per heavy atom. The van der Waals surface area contributed by atoms with Gasteiger partial charge in [-0.05, 0) is 62.9 Å². The summed E-state index contributed by atoms with van der Waals surface area (Å²) in [6.07, 6.45) is 6.95. The van der Waals surface area contributed by atoms with Gasteiger partial charge >= 0.3 is 0 Å². The van der Waals surface area contributed by atoms with Gasteiger partial charge in [0.05, 0.1) is 0 Å². The lowest BCUT2D eigenvalue weighted by Crippen LogP contribution is -2.49. The van der Waals surface area contributed by atoms with Crippen LogP contribution in [0.25, 0.3) is 0 Å². The molecule has 1 aliphatic heterocycles. The maximum absolute atomic E-state index is 3.98. The van der Waals surface area contributed by atoms with Crippen LogP contribution in [-0.4, -0.2) is 36.6 Å². The van der Waals surface area contributed by atoms with Crippen LogP contribution in [0.15, 0.2) is 0 Å². The lowest BCUT2D eigenvalue weighted by Gasteiger charge is -2.39. The maximum atomic E-state index is 3.98. The van der Waals surface area contributed by atoms with Gasteiger partial charge in [-0.1, -0.05) is 27.7 Å². The fourth-order valence-corrected chi connectivity index (χ4v) is 4.01. The molecule has 0 aromatic heterocycles. The van der Waals surface area contributed by atoms with E-state index in [2.05, 4.69) is 37.9 Å². The van der Waals surface area contributed by atoms with Crippen molar-refractivity contribution in [2.24, 2.45) is 17.8 Å². The zero-order valence-electron chi connectivity index (χ0n) is 13.5. The van der Waals surface area contributed by atoms with Crippen LogP contribution in [0.2, 0.25) is 0 Å². The highest BCUT2D eigenvalue weighted by molar-refractivity contribution is 4.86. The summed E-state index contributed by atoms with van der Waals surface area (Å²) in [5.74, 6) is 2.63. The number of rotatable bonds is 4. The molecule has 19 heavy (non-hydrogen) atoms. The molecule has 0 spiro atoms. The van der Waals surface area contributed by atoms with Crippen molar-refractivity contribution in [1.29, 1.82) is 0 Å². The van der Waals surface area contributed by atoms with Gasteiger partial charge in [-0.2, -0.15) is 0 Å². The van der Waals surface area contributed by atoms with Crippen molar-refractivity contribution < 1.29 is 0 Å². The summed E-state index contributed by atoms with van der Waals surface area (Å²) in [5.41, 5.74) is 0. The minimum absolute atomic E-state index is 0.782. The molecule has 1 heterocycles. The van der Waals surface area contributed by atoms with Gasteiger partial charge in [-0.25, -0.2) is 0 Å². The summed E-state index contributed by atoms with van der Waals surface area (Å²) in [4.78, 5) is 2.65. The minimum atomic E-state index is 0.782. The van der Waals surface area contributed by atoms with E-state index >= 15 is 0 Å². The molecule has 3 unspecified atom stereocenters. The summed E-state index contributed by atoms with van der Waals surface area (Å²) in [6, 6.07) is 1.57. The van der Waals surface area contributed by atoms with E-state index in [4.69, 9.17) is 0 Å². The van der Waals surface area contributed by atoms with Crippen molar-refractivity contribution in [2.75, 3.05) is 19.6 Å². The first kappa shape index (κ1) is 15.3. The molecular weight excluding hydrogens is 232 g/mol. The second-order valence-corrected chi connectivity index (χ2v) is 7.64. The third kappa shape index (κ3) is 4.75. The Kier molecular flexibility index (Phi) is 5.70. The Bertz CT molecular complexity index is 256. The smallest absolute Gasteiger partial charge is 0.00955 e. The molecule has 0 aromatic carbocycles. The van der Waals surface area contributed by atoms with Crippen molar-refractivity contribution in [3.63, 3.8) is 0 Å². The molecule has 0 radical (unpaired) electrons. The molecule has 1 N–H and O–H groups in total. The zero-order chi connectivity index (χ0) is 13.8. The van der Waals surface area contributed by atoms with Gasteiger partial charge in [-0.15, -0.1) is 0 Å². The van der Waals surface area contributed by atoms with E-state index < -0.39 is 0 Å². The Morgan fingerprint density at radius 3 is 2.32 bits per heavy atom. The van der Waals surface area contributed by atoms with Crippen LogP contribution < -0.4 is 5.32 Å². The zero-order valence-corrected chi connectivity index (χ0v) is 13.5. The molecule has 0 bridgehead atoms. The second-order valence-electron chi connectivity index (χ2n) is 7.64. The van der Waals surface area contributed by atoms with E-state index in [1.807, 2.05) is 0 Å². The Balaban J connectivity index is 1.70. The molecule has 0 aromatic rings. The van der Waals surface area contributed by atoms with Gasteiger partial charge < -0.3 is 10.2 Å². The van der Waals surface area contributed by atoms with Crippen LogP contribution in [0.5, 0.6) is 0 Å². The first-order chi connectivity index (χ1) is 9.04. The van der Waals surface area contributed by atoms with E-state index in [-0.39, 0.29) is 0 Å². The molecule has 112 valence electrons. The lowest BCUT2D eigenvalue weighted by molar-refractivity contribution is 0.151. The molecule has 2 heteroatoms.